The standard InChI is InChI=1S/C32H28BrN3O4S/c1-21(30(37)34-25-15-13-24(33)14-16-25)41-28-10-6-9-26(20-28)35-32(39)29(19-22-11-17-27(40-2)18-12-22)36-31(38)23-7-4-3-5-8-23/h3-21H,1-2H3,(H,34,37)(H,35,39)(H,36,38)/b29-19+. The molecule has 4 aromatic rings. The predicted molar refractivity (Wildman–Crippen MR) is 168 cm³/mol. The highest BCUT2D eigenvalue weighted by Gasteiger charge is 2.17. The Balaban J connectivity index is 1.48. The van der Waals surface area contributed by atoms with Gasteiger partial charge in [-0.05, 0) is 85.3 Å². The first-order valence-electron chi connectivity index (χ1n) is 12.7. The van der Waals surface area contributed by atoms with Crippen LogP contribution in [0.4, 0.5) is 11.4 Å². The highest BCUT2D eigenvalue weighted by molar-refractivity contribution is 9.10. The SMILES string of the molecule is COc1ccc(/C=C(/NC(=O)c2ccccc2)C(=O)Nc2cccc(SC(C)C(=O)Nc3ccc(Br)cc3)c2)cc1. The number of rotatable bonds is 10. The van der Waals surface area contributed by atoms with Crippen LogP contribution in [0.3, 0.4) is 0 Å². The van der Waals surface area contributed by atoms with Gasteiger partial charge in [0.05, 0.1) is 12.4 Å². The number of hydrogen-bond donors (Lipinski definition) is 3. The van der Waals surface area contributed by atoms with Crippen molar-refractivity contribution in [3.63, 3.8) is 0 Å². The molecule has 0 heterocycles. The monoisotopic (exact) mass is 629 g/mol. The predicted octanol–water partition coefficient (Wildman–Crippen LogP) is 6.99. The van der Waals surface area contributed by atoms with Gasteiger partial charge in [0.15, 0.2) is 0 Å². The highest BCUT2D eigenvalue weighted by Crippen LogP contribution is 2.27. The van der Waals surface area contributed by atoms with Crippen molar-refractivity contribution in [3.05, 3.63) is 124 Å². The summed E-state index contributed by atoms with van der Waals surface area (Å²) in [6, 6.07) is 30.4. The van der Waals surface area contributed by atoms with Gasteiger partial charge in [-0.1, -0.05) is 52.3 Å². The Bertz CT molecular complexity index is 1540. The molecule has 4 aromatic carbocycles. The molecule has 1 unspecified atom stereocenters. The minimum atomic E-state index is -0.492. The Hall–Kier alpha value is -4.34. The first-order chi connectivity index (χ1) is 19.8. The zero-order chi connectivity index (χ0) is 29.2. The van der Waals surface area contributed by atoms with Crippen molar-refractivity contribution in [2.75, 3.05) is 17.7 Å². The van der Waals surface area contributed by atoms with E-state index in [0.29, 0.717) is 28.3 Å². The molecule has 0 spiro atoms. The number of thioether (sulfide) groups is 1. The number of carbonyl (C=O) groups excluding carboxylic acids is 3. The lowest BCUT2D eigenvalue weighted by Gasteiger charge is -2.14. The molecule has 7 nitrogen and oxygen atoms in total. The number of amides is 3. The first-order valence-corrected chi connectivity index (χ1v) is 14.3. The summed E-state index contributed by atoms with van der Waals surface area (Å²) in [5.74, 6) is -0.362. The van der Waals surface area contributed by atoms with Crippen LogP contribution in [0.25, 0.3) is 6.08 Å². The van der Waals surface area contributed by atoms with Gasteiger partial charge in [0, 0.05) is 26.3 Å². The molecule has 0 saturated carbocycles. The Morgan fingerprint density at radius 3 is 2.22 bits per heavy atom. The Morgan fingerprint density at radius 1 is 0.829 bits per heavy atom. The van der Waals surface area contributed by atoms with E-state index in [0.717, 1.165) is 9.37 Å². The zero-order valence-electron chi connectivity index (χ0n) is 22.4. The molecule has 3 N–H and O–H groups in total. The number of methoxy groups -OCH3 is 1. The normalized spacial score (nSPS) is 11.7. The van der Waals surface area contributed by atoms with Crippen LogP contribution in [0.2, 0.25) is 0 Å². The molecule has 0 fully saturated rings. The molecule has 0 saturated heterocycles. The number of benzene rings is 4. The van der Waals surface area contributed by atoms with Gasteiger partial charge in [-0.2, -0.15) is 0 Å². The fourth-order valence-corrected chi connectivity index (χ4v) is 4.88. The van der Waals surface area contributed by atoms with Crippen LogP contribution in [0.15, 0.2) is 118 Å². The summed E-state index contributed by atoms with van der Waals surface area (Å²) >= 11 is 4.75. The lowest BCUT2D eigenvalue weighted by atomic mass is 10.1. The second-order valence-electron chi connectivity index (χ2n) is 8.89. The van der Waals surface area contributed by atoms with Crippen molar-refractivity contribution in [1.82, 2.24) is 5.32 Å². The fraction of sp³-hybridized carbons (Fsp3) is 0.0938. The number of hydrogen-bond acceptors (Lipinski definition) is 5. The maximum Gasteiger partial charge on any atom is 0.272 e. The van der Waals surface area contributed by atoms with Crippen molar-refractivity contribution in [2.45, 2.75) is 17.1 Å². The molecule has 0 radical (unpaired) electrons. The second-order valence-corrected chi connectivity index (χ2v) is 11.2. The van der Waals surface area contributed by atoms with Gasteiger partial charge in [-0.3, -0.25) is 14.4 Å². The van der Waals surface area contributed by atoms with Crippen LogP contribution in [-0.2, 0) is 9.59 Å². The molecular formula is C32H28BrN3O4S. The van der Waals surface area contributed by atoms with E-state index in [1.807, 2.05) is 43.3 Å². The third-order valence-electron chi connectivity index (χ3n) is 5.84. The van der Waals surface area contributed by atoms with Gasteiger partial charge in [0.2, 0.25) is 5.91 Å². The molecule has 9 heteroatoms. The van der Waals surface area contributed by atoms with Crippen LogP contribution in [0, 0.1) is 0 Å². The summed E-state index contributed by atoms with van der Waals surface area (Å²) in [7, 11) is 1.58. The third kappa shape index (κ3) is 8.83. The van der Waals surface area contributed by atoms with Crippen molar-refractivity contribution in [3.8, 4) is 5.75 Å². The van der Waals surface area contributed by atoms with E-state index in [9.17, 15) is 14.4 Å². The van der Waals surface area contributed by atoms with Crippen molar-refractivity contribution in [2.24, 2.45) is 0 Å². The molecule has 4 rings (SSSR count). The number of ether oxygens (including phenoxy) is 1. The summed E-state index contributed by atoms with van der Waals surface area (Å²) in [6.45, 7) is 1.82. The number of nitrogens with one attached hydrogen (secondary N) is 3. The molecule has 0 bridgehead atoms. The minimum Gasteiger partial charge on any atom is -0.497 e. The summed E-state index contributed by atoms with van der Waals surface area (Å²) in [6.07, 6.45) is 1.60. The van der Waals surface area contributed by atoms with Gasteiger partial charge in [-0.25, -0.2) is 0 Å². The Morgan fingerprint density at radius 2 is 1.54 bits per heavy atom. The van der Waals surface area contributed by atoms with E-state index < -0.39 is 11.8 Å². The topological polar surface area (TPSA) is 96.5 Å². The van der Waals surface area contributed by atoms with E-state index in [4.69, 9.17) is 4.74 Å². The molecule has 0 aromatic heterocycles. The maximum atomic E-state index is 13.4. The van der Waals surface area contributed by atoms with Crippen LogP contribution in [-0.4, -0.2) is 30.1 Å². The van der Waals surface area contributed by atoms with E-state index >= 15 is 0 Å². The highest BCUT2D eigenvalue weighted by atomic mass is 79.9. The minimum absolute atomic E-state index is 0.0734. The summed E-state index contributed by atoms with van der Waals surface area (Å²) < 4.78 is 6.14. The lowest BCUT2D eigenvalue weighted by molar-refractivity contribution is -0.115. The van der Waals surface area contributed by atoms with Gasteiger partial charge >= 0.3 is 0 Å². The van der Waals surface area contributed by atoms with E-state index in [2.05, 4.69) is 31.9 Å². The second kappa shape index (κ2) is 14.3. The molecule has 41 heavy (non-hydrogen) atoms. The quantitative estimate of drug-likeness (QED) is 0.130. The van der Waals surface area contributed by atoms with Crippen LogP contribution in [0.1, 0.15) is 22.8 Å². The number of halogens is 1. The molecule has 3 amide bonds. The molecule has 0 aliphatic carbocycles. The average molecular weight is 631 g/mol. The third-order valence-corrected chi connectivity index (χ3v) is 7.46. The van der Waals surface area contributed by atoms with Crippen molar-refractivity contribution in [1.29, 1.82) is 0 Å². The van der Waals surface area contributed by atoms with Crippen LogP contribution in [0.5, 0.6) is 5.75 Å². The fourth-order valence-electron chi connectivity index (χ4n) is 3.69. The van der Waals surface area contributed by atoms with Gasteiger partial charge in [0.25, 0.3) is 11.8 Å². The van der Waals surface area contributed by atoms with Gasteiger partial charge < -0.3 is 20.7 Å². The summed E-state index contributed by atoms with van der Waals surface area (Å²) in [4.78, 5) is 39.8. The van der Waals surface area contributed by atoms with Crippen molar-refractivity contribution >= 4 is 62.9 Å². The zero-order valence-corrected chi connectivity index (χ0v) is 24.8. The molecular weight excluding hydrogens is 602 g/mol. The summed E-state index contributed by atoms with van der Waals surface area (Å²) in [5, 5.41) is 8.12. The van der Waals surface area contributed by atoms with E-state index in [-0.39, 0.29) is 16.9 Å². The molecule has 0 aliphatic heterocycles. The van der Waals surface area contributed by atoms with E-state index in [1.165, 1.54) is 11.8 Å². The lowest BCUT2D eigenvalue weighted by Crippen LogP contribution is -2.30. The number of anilines is 2. The van der Waals surface area contributed by atoms with Gasteiger partial charge in [0.1, 0.15) is 11.4 Å². The van der Waals surface area contributed by atoms with Crippen molar-refractivity contribution < 1.29 is 19.1 Å². The summed E-state index contributed by atoms with van der Waals surface area (Å²) in [5.41, 5.74) is 2.44. The number of carbonyl (C=O) groups is 3. The molecule has 1 atom stereocenters. The van der Waals surface area contributed by atoms with Crippen LogP contribution < -0.4 is 20.7 Å². The Kier molecular flexibility index (Phi) is 10.4. The Labute approximate surface area is 251 Å². The molecule has 208 valence electrons. The largest absolute Gasteiger partial charge is 0.497 e. The van der Waals surface area contributed by atoms with E-state index in [1.54, 1.807) is 79.9 Å². The smallest absolute Gasteiger partial charge is 0.272 e. The maximum absolute atomic E-state index is 13.4. The first kappa shape index (κ1) is 29.6. The average Bonchev–Trinajstić information content (AvgIpc) is 2.99. The van der Waals surface area contributed by atoms with Crippen LogP contribution >= 0.6 is 27.7 Å². The van der Waals surface area contributed by atoms with Gasteiger partial charge in [-0.15, -0.1) is 11.8 Å². The molecule has 0 aliphatic rings.